The van der Waals surface area contributed by atoms with E-state index in [1.54, 1.807) is 4.67 Å². The second-order valence-corrected chi connectivity index (χ2v) is 6.06. The van der Waals surface area contributed by atoms with Gasteiger partial charge >= 0.3 is 0 Å². The Morgan fingerprint density at radius 1 is 1.25 bits per heavy atom. The van der Waals surface area contributed by atoms with Crippen LogP contribution in [-0.2, 0) is 8.64 Å². The summed E-state index contributed by atoms with van der Waals surface area (Å²) in [6.45, 7) is 9.39. The van der Waals surface area contributed by atoms with Crippen molar-refractivity contribution < 1.29 is 8.64 Å². The van der Waals surface area contributed by atoms with Crippen LogP contribution in [0.3, 0.4) is 0 Å². The molecule has 0 saturated heterocycles. The fourth-order valence-corrected chi connectivity index (χ4v) is 3.43. The summed E-state index contributed by atoms with van der Waals surface area (Å²) < 4.78 is 18.0. The number of hydrogen-bond donors (Lipinski definition) is 0. The van der Waals surface area contributed by atoms with Crippen LogP contribution in [0.1, 0.15) is 27.7 Å². The molecule has 5 heteroatoms. The Morgan fingerprint density at radius 3 is 1.67 bits per heavy atom. The number of halogens is 1. The zero-order chi connectivity index (χ0) is 9.94. The van der Waals surface area contributed by atoms with E-state index < -0.39 is 7.52 Å². The third-order valence-corrected chi connectivity index (χ3v) is 4.39. The lowest BCUT2D eigenvalue weighted by atomic mass is 10.3. The average Bonchev–Trinajstić information content (AvgIpc) is 1.84. The molecule has 3 nitrogen and oxygen atoms in total. The van der Waals surface area contributed by atoms with Gasteiger partial charge in [0, 0.05) is 18.7 Å². The Hall–Kier alpha value is 0.440. The molecule has 0 radical (unpaired) electrons. The minimum atomic E-state index is -2.80. The van der Waals surface area contributed by atoms with Crippen LogP contribution >= 0.6 is 19.4 Å². The summed E-state index contributed by atoms with van der Waals surface area (Å²) in [5, 5.41) is 0. The van der Waals surface area contributed by atoms with Crippen LogP contribution in [0, 0.1) is 0 Å². The van der Waals surface area contributed by atoms with Gasteiger partial charge in [0.2, 0.25) is 0 Å². The van der Waals surface area contributed by atoms with Gasteiger partial charge in [-0.25, -0.2) is 8.75 Å². The van der Waals surface area contributed by atoms with Crippen LogP contribution in [0.25, 0.3) is 0 Å². The van der Waals surface area contributed by atoms with Crippen molar-refractivity contribution in [3.63, 3.8) is 0 Å². The van der Waals surface area contributed by atoms with Crippen LogP contribution in [0.4, 0.5) is 0 Å². The number of nitrogens with zero attached hydrogens (tertiary/aromatic N) is 1. The smallest absolute Gasteiger partial charge is 0.274 e. The Labute approximate surface area is 79.7 Å². The van der Waals surface area contributed by atoms with Crippen molar-refractivity contribution in [3.8, 4) is 0 Å². The lowest BCUT2D eigenvalue weighted by Crippen LogP contribution is -2.33. The van der Waals surface area contributed by atoms with Crippen LogP contribution < -0.4 is 0 Å². The summed E-state index contributed by atoms with van der Waals surface area (Å²) in [6, 6.07) is 0.333. The molecule has 0 aromatic rings. The molecule has 0 amide bonds. The number of rotatable bonds is 4. The second kappa shape index (κ2) is 4.61. The van der Waals surface area contributed by atoms with Crippen molar-refractivity contribution in [2.75, 3.05) is 6.66 Å². The highest BCUT2D eigenvalue weighted by Gasteiger charge is 2.30. The van der Waals surface area contributed by atoms with Crippen molar-refractivity contribution in [1.29, 1.82) is 0 Å². The Kier molecular flexibility index (Phi) is 4.78. The second-order valence-electron chi connectivity index (χ2n) is 3.44. The van der Waals surface area contributed by atoms with E-state index >= 15 is 0 Å². The molecular weight excluding hydrogens is 197 g/mol. The summed E-state index contributed by atoms with van der Waals surface area (Å²) in [7, 11) is -2.80. The molecule has 74 valence electrons. The first kappa shape index (κ1) is 12.4. The normalized spacial score (nSPS) is 17.4. The molecule has 0 aliphatic heterocycles. The SMILES string of the molecule is CC(C)N(C(C)C)P(C)(=O)OCl. The molecule has 0 aliphatic carbocycles. The summed E-state index contributed by atoms with van der Waals surface area (Å²) in [6.07, 6.45) is 0. The van der Waals surface area contributed by atoms with Gasteiger partial charge in [-0.3, -0.25) is 4.57 Å². The molecule has 0 bridgehead atoms. The molecule has 0 aromatic carbocycles. The van der Waals surface area contributed by atoms with Gasteiger partial charge in [0.25, 0.3) is 7.52 Å². The van der Waals surface area contributed by atoms with E-state index in [1.165, 1.54) is 6.66 Å². The Morgan fingerprint density at radius 2 is 1.58 bits per heavy atom. The highest BCUT2D eigenvalue weighted by molar-refractivity contribution is 7.56. The van der Waals surface area contributed by atoms with Gasteiger partial charge in [-0.15, -0.1) is 0 Å². The first-order valence-corrected chi connectivity index (χ1v) is 6.33. The molecule has 0 spiro atoms. The van der Waals surface area contributed by atoms with Gasteiger partial charge in [-0.05, 0) is 27.7 Å². The van der Waals surface area contributed by atoms with Gasteiger partial charge in [0.1, 0.15) is 0 Å². The monoisotopic (exact) mass is 213 g/mol. The summed E-state index contributed by atoms with van der Waals surface area (Å²) in [5.41, 5.74) is 0. The van der Waals surface area contributed by atoms with Gasteiger partial charge in [0.15, 0.2) is 0 Å². The molecule has 0 rings (SSSR count). The van der Waals surface area contributed by atoms with Crippen molar-refractivity contribution in [2.24, 2.45) is 0 Å². The molecule has 0 aliphatic rings. The molecule has 0 saturated carbocycles. The maximum absolute atomic E-state index is 11.7. The first-order valence-electron chi connectivity index (χ1n) is 3.99. The fraction of sp³-hybridized carbons (Fsp3) is 1.00. The van der Waals surface area contributed by atoms with Gasteiger partial charge < -0.3 is 0 Å². The number of hydrogen-bond acceptors (Lipinski definition) is 2. The van der Waals surface area contributed by atoms with E-state index in [0.29, 0.717) is 0 Å². The molecule has 0 N–H and O–H groups in total. The zero-order valence-corrected chi connectivity index (χ0v) is 9.89. The average molecular weight is 214 g/mol. The molecule has 1 atom stereocenters. The lowest BCUT2D eigenvalue weighted by molar-refractivity contribution is 0.273. The zero-order valence-electron chi connectivity index (χ0n) is 8.24. The third kappa shape index (κ3) is 3.06. The predicted octanol–water partition coefficient (Wildman–Crippen LogP) is 3.10. The van der Waals surface area contributed by atoms with E-state index in [1.807, 2.05) is 27.7 Å². The molecule has 0 aromatic heterocycles. The van der Waals surface area contributed by atoms with Crippen molar-refractivity contribution in [3.05, 3.63) is 0 Å². The Balaban J connectivity index is 4.63. The minimum absolute atomic E-state index is 0.166. The minimum Gasteiger partial charge on any atom is -0.274 e. The van der Waals surface area contributed by atoms with E-state index in [2.05, 4.69) is 4.08 Å². The van der Waals surface area contributed by atoms with Gasteiger partial charge in [-0.1, -0.05) is 0 Å². The van der Waals surface area contributed by atoms with E-state index in [0.717, 1.165) is 0 Å². The van der Waals surface area contributed by atoms with Gasteiger partial charge in [0.05, 0.1) is 11.9 Å². The maximum Gasteiger partial charge on any atom is 0.286 e. The van der Waals surface area contributed by atoms with Gasteiger partial charge in [-0.2, -0.15) is 0 Å². The summed E-state index contributed by atoms with van der Waals surface area (Å²) in [5.74, 6) is 0. The molecule has 1 unspecified atom stereocenters. The Bertz CT molecular complexity index is 176. The summed E-state index contributed by atoms with van der Waals surface area (Å²) in [4.78, 5) is 0. The van der Waals surface area contributed by atoms with E-state index in [9.17, 15) is 4.57 Å². The van der Waals surface area contributed by atoms with Crippen LogP contribution in [0.15, 0.2) is 0 Å². The molecule has 0 heterocycles. The van der Waals surface area contributed by atoms with E-state index in [4.69, 9.17) is 11.9 Å². The lowest BCUT2D eigenvalue weighted by Gasteiger charge is -2.33. The predicted molar refractivity (Wildman–Crippen MR) is 52.6 cm³/mol. The highest BCUT2D eigenvalue weighted by Crippen LogP contribution is 2.50. The largest absolute Gasteiger partial charge is 0.286 e. The maximum atomic E-state index is 11.7. The highest BCUT2D eigenvalue weighted by atomic mass is 35.5. The van der Waals surface area contributed by atoms with Crippen molar-refractivity contribution in [1.82, 2.24) is 4.67 Å². The van der Waals surface area contributed by atoms with E-state index in [-0.39, 0.29) is 12.1 Å². The van der Waals surface area contributed by atoms with Crippen LogP contribution in [-0.4, -0.2) is 23.4 Å². The third-order valence-electron chi connectivity index (χ3n) is 1.61. The quantitative estimate of drug-likeness (QED) is 0.672. The standard InChI is InChI=1S/C7H17ClNO2P/c1-6(2)9(7(3)4)12(5,10)11-8/h6-7H,1-5H3. The van der Waals surface area contributed by atoms with Crippen molar-refractivity contribution >= 4 is 19.4 Å². The molecular formula is C7H17ClNO2P. The molecule has 12 heavy (non-hydrogen) atoms. The first-order chi connectivity index (χ1) is 5.33. The summed E-state index contributed by atoms with van der Waals surface area (Å²) >= 11 is 5.17. The van der Waals surface area contributed by atoms with Crippen LogP contribution in [0.5, 0.6) is 0 Å². The fourth-order valence-electron chi connectivity index (χ4n) is 1.47. The van der Waals surface area contributed by atoms with Crippen molar-refractivity contribution in [2.45, 2.75) is 39.8 Å². The molecule has 0 fully saturated rings. The topological polar surface area (TPSA) is 29.5 Å². The van der Waals surface area contributed by atoms with Crippen LogP contribution in [0.2, 0.25) is 0 Å².